The molecule has 1 spiro atoms. The molecule has 1 atom stereocenters. The van der Waals surface area contributed by atoms with Gasteiger partial charge in [-0.05, 0) is 37.7 Å². The molecule has 4 nitrogen and oxygen atoms in total. The van der Waals surface area contributed by atoms with Gasteiger partial charge in [-0.3, -0.25) is 4.79 Å². The average Bonchev–Trinajstić information content (AvgIpc) is 2.70. The summed E-state index contributed by atoms with van der Waals surface area (Å²) in [5.41, 5.74) is 0.788. The molecule has 120 valence electrons. The van der Waals surface area contributed by atoms with Crippen LogP contribution < -0.4 is 0 Å². The van der Waals surface area contributed by atoms with Crippen molar-refractivity contribution in [2.45, 2.75) is 12.8 Å². The lowest BCUT2D eigenvalue weighted by molar-refractivity contribution is -0.131. The Bertz CT molecular complexity index is 551. The highest BCUT2D eigenvalue weighted by atomic mass is 19.1. The zero-order valence-electron chi connectivity index (χ0n) is 13.1. The van der Waals surface area contributed by atoms with Crippen molar-refractivity contribution < 1.29 is 13.9 Å². The van der Waals surface area contributed by atoms with Crippen molar-refractivity contribution in [1.29, 1.82) is 0 Å². The lowest BCUT2D eigenvalue weighted by atomic mass is 9.87. The summed E-state index contributed by atoms with van der Waals surface area (Å²) in [6.45, 7) is 4.69. The second-order valence-electron chi connectivity index (χ2n) is 6.66. The number of nitrogens with zero attached hydrogens (tertiary/aromatic N) is 2. The van der Waals surface area contributed by atoms with Crippen molar-refractivity contribution >= 4 is 5.91 Å². The van der Waals surface area contributed by atoms with Crippen LogP contribution >= 0.6 is 0 Å². The first-order chi connectivity index (χ1) is 10.6. The van der Waals surface area contributed by atoms with E-state index in [1.54, 1.807) is 12.1 Å². The molecule has 0 aliphatic carbocycles. The van der Waals surface area contributed by atoms with Crippen molar-refractivity contribution in [2.75, 3.05) is 46.4 Å². The smallest absolute Gasteiger partial charge is 0.227 e. The molecule has 2 aliphatic rings. The molecular formula is C17H23FN2O2. The molecule has 2 aliphatic heterocycles. The summed E-state index contributed by atoms with van der Waals surface area (Å²) >= 11 is 0. The molecule has 0 saturated carbocycles. The summed E-state index contributed by atoms with van der Waals surface area (Å²) in [6.07, 6.45) is 1.32. The van der Waals surface area contributed by atoms with Crippen molar-refractivity contribution in [3.8, 4) is 0 Å². The SMILES string of the molecule is CN1CC[C@]2(COCCN(C(=O)Cc3cccc(F)c3)C2)C1. The van der Waals surface area contributed by atoms with Gasteiger partial charge >= 0.3 is 0 Å². The zero-order valence-corrected chi connectivity index (χ0v) is 13.1. The first kappa shape index (κ1) is 15.4. The Labute approximate surface area is 130 Å². The van der Waals surface area contributed by atoms with Gasteiger partial charge in [-0.1, -0.05) is 12.1 Å². The molecule has 0 aromatic heterocycles. The van der Waals surface area contributed by atoms with Crippen LogP contribution in [0.5, 0.6) is 0 Å². The predicted molar refractivity (Wildman–Crippen MR) is 82.1 cm³/mol. The van der Waals surface area contributed by atoms with Gasteiger partial charge in [0.1, 0.15) is 5.82 Å². The molecule has 0 unspecified atom stereocenters. The highest BCUT2D eigenvalue weighted by Crippen LogP contribution is 2.32. The lowest BCUT2D eigenvalue weighted by Crippen LogP contribution is -2.43. The van der Waals surface area contributed by atoms with Crippen LogP contribution in [0.3, 0.4) is 0 Å². The fraction of sp³-hybridized carbons (Fsp3) is 0.588. The molecule has 0 radical (unpaired) electrons. The largest absolute Gasteiger partial charge is 0.379 e. The molecule has 3 rings (SSSR count). The Morgan fingerprint density at radius 3 is 2.95 bits per heavy atom. The maximum absolute atomic E-state index is 13.3. The van der Waals surface area contributed by atoms with Crippen molar-refractivity contribution in [3.63, 3.8) is 0 Å². The topological polar surface area (TPSA) is 32.8 Å². The number of hydrogen-bond acceptors (Lipinski definition) is 3. The number of benzene rings is 1. The number of carbonyl (C=O) groups excluding carboxylic acids is 1. The maximum atomic E-state index is 13.3. The highest BCUT2D eigenvalue weighted by Gasteiger charge is 2.40. The Morgan fingerprint density at radius 1 is 1.36 bits per heavy atom. The Balaban J connectivity index is 1.68. The number of rotatable bonds is 2. The fourth-order valence-corrected chi connectivity index (χ4v) is 3.54. The summed E-state index contributed by atoms with van der Waals surface area (Å²) in [4.78, 5) is 16.8. The van der Waals surface area contributed by atoms with E-state index in [4.69, 9.17) is 4.74 Å². The van der Waals surface area contributed by atoms with Gasteiger partial charge in [0.2, 0.25) is 5.91 Å². The molecule has 2 heterocycles. The average molecular weight is 306 g/mol. The highest BCUT2D eigenvalue weighted by molar-refractivity contribution is 5.78. The van der Waals surface area contributed by atoms with E-state index < -0.39 is 0 Å². The number of likely N-dealkylation sites (tertiary alicyclic amines) is 1. The summed E-state index contributed by atoms with van der Waals surface area (Å²) in [6, 6.07) is 6.29. The normalized spacial score (nSPS) is 26.4. The van der Waals surface area contributed by atoms with Gasteiger partial charge in [0.15, 0.2) is 0 Å². The quantitative estimate of drug-likeness (QED) is 0.831. The molecule has 22 heavy (non-hydrogen) atoms. The number of carbonyl (C=O) groups is 1. The third kappa shape index (κ3) is 3.47. The molecule has 0 bridgehead atoms. The number of halogens is 1. The van der Waals surface area contributed by atoms with Crippen LogP contribution in [0.15, 0.2) is 24.3 Å². The summed E-state index contributed by atoms with van der Waals surface area (Å²) in [5.74, 6) is -0.233. The van der Waals surface area contributed by atoms with Crippen LogP contribution in [0.1, 0.15) is 12.0 Å². The molecule has 1 amide bonds. The van der Waals surface area contributed by atoms with E-state index in [0.717, 1.165) is 38.2 Å². The molecule has 2 saturated heterocycles. The molecular weight excluding hydrogens is 283 g/mol. The number of hydrogen-bond donors (Lipinski definition) is 0. The minimum absolute atomic E-state index is 0.0584. The molecule has 1 aromatic carbocycles. The van der Waals surface area contributed by atoms with E-state index in [1.165, 1.54) is 12.1 Å². The van der Waals surface area contributed by atoms with Gasteiger partial charge in [0, 0.05) is 25.0 Å². The molecule has 2 fully saturated rings. The summed E-state index contributed by atoms with van der Waals surface area (Å²) < 4.78 is 19.0. The first-order valence-corrected chi connectivity index (χ1v) is 7.85. The third-order valence-electron chi connectivity index (χ3n) is 4.67. The van der Waals surface area contributed by atoms with Crippen LogP contribution in [0.25, 0.3) is 0 Å². The zero-order chi connectivity index (χ0) is 15.6. The molecule has 1 aromatic rings. The first-order valence-electron chi connectivity index (χ1n) is 7.85. The van der Waals surface area contributed by atoms with Gasteiger partial charge < -0.3 is 14.5 Å². The van der Waals surface area contributed by atoms with Crippen molar-refractivity contribution in [2.24, 2.45) is 5.41 Å². The summed E-state index contributed by atoms with van der Waals surface area (Å²) in [5, 5.41) is 0. The van der Waals surface area contributed by atoms with Gasteiger partial charge in [-0.2, -0.15) is 0 Å². The molecule has 5 heteroatoms. The van der Waals surface area contributed by atoms with Crippen molar-refractivity contribution in [3.05, 3.63) is 35.6 Å². The Kier molecular flexibility index (Phi) is 4.45. The van der Waals surface area contributed by atoms with Crippen LogP contribution in [-0.2, 0) is 16.0 Å². The minimum Gasteiger partial charge on any atom is -0.379 e. The predicted octanol–water partition coefficient (Wildman–Crippen LogP) is 1.55. The van der Waals surface area contributed by atoms with Gasteiger partial charge in [0.25, 0.3) is 0 Å². The van der Waals surface area contributed by atoms with E-state index in [0.29, 0.717) is 13.2 Å². The lowest BCUT2D eigenvalue weighted by Gasteiger charge is -2.31. The number of amides is 1. The van der Waals surface area contributed by atoms with Crippen molar-refractivity contribution in [1.82, 2.24) is 9.80 Å². The Hall–Kier alpha value is -1.46. The van der Waals surface area contributed by atoms with Gasteiger partial charge in [0.05, 0.1) is 19.6 Å². The van der Waals surface area contributed by atoms with Crippen LogP contribution in [-0.4, -0.2) is 62.1 Å². The minimum atomic E-state index is -0.293. The third-order valence-corrected chi connectivity index (χ3v) is 4.67. The second kappa shape index (κ2) is 6.34. The maximum Gasteiger partial charge on any atom is 0.227 e. The monoisotopic (exact) mass is 306 g/mol. The van der Waals surface area contributed by atoms with Gasteiger partial charge in [-0.15, -0.1) is 0 Å². The second-order valence-corrected chi connectivity index (χ2v) is 6.66. The van der Waals surface area contributed by atoms with Crippen LogP contribution in [0.2, 0.25) is 0 Å². The number of ether oxygens (including phenoxy) is 1. The van der Waals surface area contributed by atoms with E-state index >= 15 is 0 Å². The van der Waals surface area contributed by atoms with E-state index in [2.05, 4.69) is 11.9 Å². The summed E-state index contributed by atoms with van der Waals surface area (Å²) in [7, 11) is 2.11. The van der Waals surface area contributed by atoms with Gasteiger partial charge in [-0.25, -0.2) is 4.39 Å². The van der Waals surface area contributed by atoms with E-state index in [-0.39, 0.29) is 23.6 Å². The van der Waals surface area contributed by atoms with Crippen LogP contribution in [0.4, 0.5) is 4.39 Å². The van der Waals surface area contributed by atoms with E-state index in [1.807, 2.05) is 4.90 Å². The standard InChI is InChI=1S/C17H23FN2O2/c1-19-6-5-17(11-19)12-20(7-8-22-13-17)16(21)10-14-3-2-4-15(18)9-14/h2-4,9H,5-8,10-13H2,1H3/t17-/m0/s1. The fourth-order valence-electron chi connectivity index (χ4n) is 3.54. The molecule has 0 N–H and O–H groups in total. The Morgan fingerprint density at radius 2 is 2.23 bits per heavy atom. The van der Waals surface area contributed by atoms with E-state index in [9.17, 15) is 9.18 Å². The van der Waals surface area contributed by atoms with Crippen LogP contribution in [0, 0.1) is 11.2 Å².